The number of aliphatic hydroxyl groups excluding tert-OH is 2. The highest BCUT2D eigenvalue weighted by molar-refractivity contribution is 7.09. The van der Waals surface area contributed by atoms with Crippen LogP contribution in [0.3, 0.4) is 0 Å². The lowest BCUT2D eigenvalue weighted by Gasteiger charge is -2.28. The molecule has 7 nitrogen and oxygen atoms in total. The molecule has 8 atom stereocenters. The molecule has 0 aliphatic carbocycles. The number of carbonyl (C=O) groups is 2. The van der Waals surface area contributed by atoms with Gasteiger partial charge in [0, 0.05) is 23.6 Å². The number of aryl methyl sites for hydroxylation is 1. The first-order valence-corrected chi connectivity index (χ1v) is 12.8. The fraction of sp³-hybridized carbons (Fsp3) is 0.720. The van der Waals surface area contributed by atoms with Crippen LogP contribution in [0.15, 0.2) is 11.0 Å². The van der Waals surface area contributed by atoms with Gasteiger partial charge in [-0.15, -0.1) is 11.3 Å². The molecule has 2 aliphatic rings. The summed E-state index contributed by atoms with van der Waals surface area (Å²) in [5, 5.41) is 24.1. The predicted octanol–water partition coefficient (Wildman–Crippen LogP) is 3.70. The Morgan fingerprint density at radius 1 is 1.15 bits per heavy atom. The summed E-state index contributed by atoms with van der Waals surface area (Å²) in [5.41, 5.74) is 1.69. The van der Waals surface area contributed by atoms with E-state index in [0.717, 1.165) is 35.5 Å². The molecule has 0 radical (unpaired) electrons. The van der Waals surface area contributed by atoms with E-state index in [1.807, 2.05) is 32.2 Å². The zero-order valence-electron chi connectivity index (χ0n) is 20.2. The van der Waals surface area contributed by atoms with Crippen molar-refractivity contribution < 1.29 is 29.3 Å². The van der Waals surface area contributed by atoms with Gasteiger partial charge in [-0.3, -0.25) is 9.59 Å². The maximum Gasteiger partial charge on any atom is 0.309 e. The second-order valence-electron chi connectivity index (χ2n) is 9.76. The van der Waals surface area contributed by atoms with E-state index < -0.39 is 36.1 Å². The van der Waals surface area contributed by atoms with Gasteiger partial charge < -0.3 is 19.7 Å². The summed E-state index contributed by atoms with van der Waals surface area (Å²) in [6, 6.07) is 0. The van der Waals surface area contributed by atoms with Gasteiger partial charge in [-0.25, -0.2) is 4.98 Å². The summed E-state index contributed by atoms with van der Waals surface area (Å²) in [6.07, 6.45) is 2.43. The van der Waals surface area contributed by atoms with Crippen LogP contribution < -0.4 is 0 Å². The molecule has 0 saturated carbocycles. The largest absolute Gasteiger partial charge is 0.458 e. The lowest BCUT2D eigenvalue weighted by Crippen LogP contribution is -2.39. The van der Waals surface area contributed by atoms with Crippen LogP contribution in [0.1, 0.15) is 70.5 Å². The lowest BCUT2D eigenvalue weighted by atomic mass is 9.81. The van der Waals surface area contributed by atoms with Gasteiger partial charge >= 0.3 is 5.97 Å². The third kappa shape index (κ3) is 6.94. The van der Waals surface area contributed by atoms with Gasteiger partial charge in [-0.1, -0.05) is 27.2 Å². The van der Waals surface area contributed by atoms with E-state index in [0.29, 0.717) is 6.42 Å². The van der Waals surface area contributed by atoms with Crippen molar-refractivity contribution >= 4 is 29.2 Å². The van der Waals surface area contributed by atoms with Crippen LogP contribution in [-0.2, 0) is 19.1 Å². The number of aromatic nitrogens is 1. The molecule has 2 saturated heterocycles. The van der Waals surface area contributed by atoms with E-state index >= 15 is 0 Å². The van der Waals surface area contributed by atoms with E-state index in [1.54, 1.807) is 25.2 Å². The highest BCUT2D eigenvalue weighted by atomic mass is 32.1. The average Bonchev–Trinajstić information content (AvgIpc) is 3.38. The fourth-order valence-electron chi connectivity index (χ4n) is 4.58. The number of ketones is 1. The number of aliphatic hydroxyl groups is 2. The second kappa shape index (κ2) is 11.2. The van der Waals surface area contributed by atoms with Crippen LogP contribution in [0, 0.1) is 24.7 Å². The number of thiazole rings is 1. The number of nitrogens with zero attached hydrogens (tertiary/aromatic N) is 1. The summed E-state index contributed by atoms with van der Waals surface area (Å²) in [5.74, 6) is -2.22. The number of ether oxygens (including phenoxy) is 2. The number of carbonyl (C=O) groups excluding carboxylic acids is 2. The molecule has 2 aliphatic heterocycles. The van der Waals surface area contributed by atoms with Crippen LogP contribution in [0.4, 0.5) is 0 Å². The van der Waals surface area contributed by atoms with Crippen molar-refractivity contribution in [1.29, 1.82) is 0 Å². The molecule has 0 spiro atoms. The Morgan fingerprint density at radius 2 is 1.88 bits per heavy atom. The van der Waals surface area contributed by atoms with E-state index in [-0.39, 0.29) is 30.3 Å². The van der Waals surface area contributed by atoms with E-state index in [1.165, 1.54) is 0 Å². The Morgan fingerprint density at radius 3 is 2.55 bits per heavy atom. The van der Waals surface area contributed by atoms with Crippen molar-refractivity contribution in [3.8, 4) is 0 Å². The summed E-state index contributed by atoms with van der Waals surface area (Å²) in [6.45, 7) is 9.10. The maximum absolute atomic E-state index is 12.8. The zero-order chi connectivity index (χ0) is 24.3. The van der Waals surface area contributed by atoms with Crippen LogP contribution in [0.5, 0.6) is 0 Å². The fourth-order valence-corrected chi connectivity index (χ4v) is 5.15. The first-order chi connectivity index (χ1) is 15.6. The molecule has 3 rings (SSSR count). The van der Waals surface area contributed by atoms with Gasteiger partial charge in [0.1, 0.15) is 11.9 Å². The number of esters is 1. The SMILES string of the molecule is CC(=Cc1csc(C)n1)[C@@H]1C[C@@H]2O[C@@H]2CCC[C@H](C)[C@H](O)[C@@H](C)C(=O)[C@H](C)C(O)CC(=O)O1. The van der Waals surface area contributed by atoms with Gasteiger partial charge in [0.2, 0.25) is 0 Å². The standard InChI is InChI=1S/C25H37NO6S/c1-13-7-6-8-20-22(31-20)11-21(14(2)9-18-12-33-17(5)26-18)32-23(28)10-19(27)15(3)25(30)16(4)24(13)29/h9,12-13,15-16,19-22,24,27,29H,6-8,10-11H2,1-5H3/t13-,15+,16+,19?,20+,21-,22-,24-/m0/s1. The molecule has 0 aromatic carbocycles. The minimum atomic E-state index is -1.17. The first-order valence-electron chi connectivity index (χ1n) is 11.9. The van der Waals surface area contributed by atoms with Crippen LogP contribution in [0.2, 0.25) is 0 Å². The van der Waals surface area contributed by atoms with Crippen molar-refractivity contribution in [3.05, 3.63) is 21.7 Å². The molecule has 184 valence electrons. The predicted molar refractivity (Wildman–Crippen MR) is 127 cm³/mol. The molecule has 1 unspecified atom stereocenters. The van der Waals surface area contributed by atoms with Gasteiger partial charge in [-0.05, 0) is 44.3 Å². The Labute approximate surface area is 200 Å². The molecular formula is C25H37NO6S. The van der Waals surface area contributed by atoms with E-state index in [2.05, 4.69) is 4.98 Å². The number of epoxide rings is 1. The Hall–Kier alpha value is -1.61. The number of rotatable bonds is 2. The van der Waals surface area contributed by atoms with Crippen LogP contribution in [0.25, 0.3) is 6.08 Å². The Balaban J connectivity index is 1.77. The maximum atomic E-state index is 12.8. The minimum absolute atomic E-state index is 0.0146. The molecule has 1 aromatic rings. The third-order valence-electron chi connectivity index (χ3n) is 7.02. The topological polar surface area (TPSA) is 109 Å². The molecule has 0 bridgehead atoms. The van der Waals surface area contributed by atoms with Crippen LogP contribution >= 0.6 is 11.3 Å². The minimum Gasteiger partial charge on any atom is -0.458 e. The number of hydrogen-bond acceptors (Lipinski definition) is 8. The monoisotopic (exact) mass is 479 g/mol. The smallest absolute Gasteiger partial charge is 0.309 e. The van der Waals surface area contributed by atoms with E-state index in [9.17, 15) is 19.8 Å². The molecule has 2 fully saturated rings. The summed E-state index contributed by atoms with van der Waals surface area (Å²) in [4.78, 5) is 30.0. The molecule has 8 heteroatoms. The molecule has 1 aromatic heterocycles. The van der Waals surface area contributed by atoms with Crippen molar-refractivity contribution in [1.82, 2.24) is 4.98 Å². The van der Waals surface area contributed by atoms with Crippen molar-refractivity contribution in [2.24, 2.45) is 17.8 Å². The molecule has 0 amide bonds. The average molecular weight is 480 g/mol. The van der Waals surface area contributed by atoms with Crippen molar-refractivity contribution in [2.75, 3.05) is 0 Å². The van der Waals surface area contributed by atoms with Gasteiger partial charge in [0.05, 0.1) is 41.5 Å². The van der Waals surface area contributed by atoms with Gasteiger partial charge in [0.15, 0.2) is 0 Å². The lowest BCUT2D eigenvalue weighted by molar-refractivity contribution is -0.151. The zero-order valence-corrected chi connectivity index (χ0v) is 21.0. The normalized spacial score (nSPS) is 37.4. The van der Waals surface area contributed by atoms with Crippen molar-refractivity contribution in [2.45, 2.75) is 97.2 Å². The third-order valence-corrected chi connectivity index (χ3v) is 7.81. The molecule has 33 heavy (non-hydrogen) atoms. The summed E-state index contributed by atoms with van der Waals surface area (Å²) >= 11 is 1.56. The van der Waals surface area contributed by atoms with E-state index in [4.69, 9.17) is 9.47 Å². The summed E-state index contributed by atoms with van der Waals surface area (Å²) < 4.78 is 11.6. The molecular weight excluding hydrogens is 442 g/mol. The number of Topliss-reactive ketones (excluding diaryl/α,β-unsaturated/α-hetero) is 1. The van der Waals surface area contributed by atoms with Crippen molar-refractivity contribution in [3.63, 3.8) is 0 Å². The quantitative estimate of drug-likeness (QED) is 0.492. The second-order valence-corrected chi connectivity index (χ2v) is 10.8. The van der Waals surface area contributed by atoms with Gasteiger partial charge in [0.25, 0.3) is 0 Å². The first kappa shape index (κ1) is 26.0. The number of hydrogen-bond donors (Lipinski definition) is 2. The highest BCUT2D eigenvalue weighted by Crippen LogP contribution is 2.35. The Kier molecular flexibility index (Phi) is 8.83. The highest BCUT2D eigenvalue weighted by Gasteiger charge is 2.42. The van der Waals surface area contributed by atoms with Gasteiger partial charge in [-0.2, -0.15) is 0 Å². The molecule has 3 heterocycles. The van der Waals surface area contributed by atoms with Crippen LogP contribution in [-0.4, -0.2) is 57.5 Å². The number of fused-ring (bicyclic) bond motifs is 1. The Bertz CT molecular complexity index is 867. The summed E-state index contributed by atoms with van der Waals surface area (Å²) in [7, 11) is 0. The number of cyclic esters (lactones) is 1. The molecule has 2 N–H and O–H groups in total.